The first-order chi connectivity index (χ1) is 12.7. The standard InChI is InChI=1S/C20H20N2O4/c1-25-19-17-11-22(24)16-10-6-5-9-15(16)20(23)21(17)12-18(19)26-13-14-7-3-2-4-8-14/h2-4,7-8,10-12,15H,5-6,9,13H2,1H3. The molecule has 2 aliphatic rings. The van der Waals surface area contributed by atoms with Gasteiger partial charge < -0.3 is 14.7 Å². The van der Waals surface area contributed by atoms with Gasteiger partial charge >= 0.3 is 0 Å². The number of nitrogens with zero attached hydrogens (tertiary/aromatic N) is 2. The number of benzene rings is 1. The summed E-state index contributed by atoms with van der Waals surface area (Å²) in [7, 11) is 1.51. The summed E-state index contributed by atoms with van der Waals surface area (Å²) >= 11 is 0. The van der Waals surface area contributed by atoms with E-state index in [1.807, 2.05) is 36.4 Å². The normalized spacial score (nSPS) is 19.0. The molecule has 1 aromatic heterocycles. The maximum atomic E-state index is 13.0. The highest BCUT2D eigenvalue weighted by molar-refractivity contribution is 5.94. The molecule has 6 heteroatoms. The largest absolute Gasteiger partial charge is 0.618 e. The molecule has 0 saturated carbocycles. The summed E-state index contributed by atoms with van der Waals surface area (Å²) in [5.41, 5.74) is 1.96. The van der Waals surface area contributed by atoms with Crippen molar-refractivity contribution in [2.24, 2.45) is 5.92 Å². The molecular formula is C20H20N2O4. The van der Waals surface area contributed by atoms with Gasteiger partial charge in [0.15, 0.2) is 17.2 Å². The molecule has 0 spiro atoms. The van der Waals surface area contributed by atoms with E-state index < -0.39 is 5.92 Å². The third kappa shape index (κ3) is 2.77. The Bertz CT molecular complexity index is 896. The summed E-state index contributed by atoms with van der Waals surface area (Å²) in [4.78, 5) is 13.0. The van der Waals surface area contributed by atoms with Crippen LogP contribution in [0, 0.1) is 11.1 Å². The van der Waals surface area contributed by atoms with E-state index in [4.69, 9.17) is 9.47 Å². The lowest BCUT2D eigenvalue weighted by Gasteiger charge is -2.18. The molecule has 1 unspecified atom stereocenters. The number of ether oxygens (including phenoxy) is 2. The van der Waals surface area contributed by atoms with Crippen molar-refractivity contribution in [1.29, 1.82) is 0 Å². The number of methoxy groups -OCH3 is 1. The molecule has 2 heterocycles. The number of hydroxylamine groups is 1. The number of rotatable bonds is 4. The second-order valence-corrected chi connectivity index (χ2v) is 6.46. The number of hydrogen-bond acceptors (Lipinski definition) is 4. The Morgan fingerprint density at radius 2 is 2.12 bits per heavy atom. The summed E-state index contributed by atoms with van der Waals surface area (Å²) in [6.45, 7) is 0.352. The van der Waals surface area contributed by atoms with E-state index in [2.05, 4.69) is 0 Å². The Hall–Kier alpha value is -3.02. The number of hydrogen-bond donors (Lipinski definition) is 0. The Balaban J connectivity index is 1.72. The fraction of sp³-hybridized carbons (Fsp3) is 0.300. The Morgan fingerprint density at radius 3 is 2.88 bits per heavy atom. The average Bonchev–Trinajstić information content (AvgIpc) is 2.99. The number of aromatic nitrogens is 1. The molecule has 0 radical (unpaired) electrons. The van der Waals surface area contributed by atoms with Crippen LogP contribution in [0.25, 0.3) is 0 Å². The fourth-order valence-electron chi connectivity index (χ4n) is 3.54. The first-order valence-corrected chi connectivity index (χ1v) is 8.70. The van der Waals surface area contributed by atoms with Crippen LogP contribution in [0.4, 0.5) is 0 Å². The SMILES string of the molecule is COc1c(OCc2ccccc2)cn2c1C=[N+]([O-])C1=CCCCC1C2=O. The summed E-state index contributed by atoms with van der Waals surface area (Å²) < 4.78 is 13.6. The van der Waals surface area contributed by atoms with Crippen LogP contribution in [0.5, 0.6) is 11.5 Å². The minimum atomic E-state index is -0.419. The predicted molar refractivity (Wildman–Crippen MR) is 96.6 cm³/mol. The third-order valence-electron chi connectivity index (χ3n) is 4.84. The van der Waals surface area contributed by atoms with Gasteiger partial charge in [0.25, 0.3) is 0 Å². The highest BCUT2D eigenvalue weighted by Crippen LogP contribution is 2.37. The molecule has 0 fully saturated rings. The fourth-order valence-corrected chi connectivity index (χ4v) is 3.54. The van der Waals surface area contributed by atoms with E-state index >= 15 is 0 Å². The highest BCUT2D eigenvalue weighted by Gasteiger charge is 2.37. The molecule has 0 amide bonds. The topological polar surface area (TPSA) is 66.5 Å². The van der Waals surface area contributed by atoms with Crippen LogP contribution in [-0.2, 0) is 6.61 Å². The van der Waals surface area contributed by atoms with Crippen molar-refractivity contribution < 1.29 is 19.0 Å². The zero-order valence-corrected chi connectivity index (χ0v) is 14.6. The zero-order chi connectivity index (χ0) is 18.1. The molecule has 1 atom stereocenters. The van der Waals surface area contributed by atoms with Gasteiger partial charge in [-0.1, -0.05) is 30.3 Å². The lowest BCUT2D eigenvalue weighted by atomic mass is 9.91. The van der Waals surface area contributed by atoms with Crippen molar-refractivity contribution in [1.82, 2.24) is 4.57 Å². The van der Waals surface area contributed by atoms with Crippen molar-refractivity contribution in [2.75, 3.05) is 7.11 Å². The smallest absolute Gasteiger partial charge is 0.245 e. The van der Waals surface area contributed by atoms with Gasteiger partial charge in [0.2, 0.25) is 17.8 Å². The molecule has 0 saturated heterocycles. The molecule has 1 aromatic carbocycles. The van der Waals surface area contributed by atoms with Gasteiger partial charge in [0, 0.05) is 0 Å². The summed E-state index contributed by atoms with van der Waals surface area (Å²) in [6.07, 6.45) is 7.30. The molecule has 0 bridgehead atoms. The first kappa shape index (κ1) is 16.4. The Labute approximate surface area is 151 Å². The van der Waals surface area contributed by atoms with E-state index in [1.165, 1.54) is 17.9 Å². The van der Waals surface area contributed by atoms with E-state index in [0.717, 1.165) is 23.1 Å². The van der Waals surface area contributed by atoms with Gasteiger partial charge in [0.05, 0.1) is 13.3 Å². The second kappa shape index (κ2) is 6.71. The molecule has 4 rings (SSSR count). The summed E-state index contributed by atoms with van der Waals surface area (Å²) in [6, 6.07) is 9.74. The third-order valence-corrected chi connectivity index (χ3v) is 4.84. The van der Waals surface area contributed by atoms with Gasteiger partial charge in [-0.15, -0.1) is 0 Å². The minimum absolute atomic E-state index is 0.117. The minimum Gasteiger partial charge on any atom is -0.618 e. The Kier molecular flexibility index (Phi) is 4.24. The van der Waals surface area contributed by atoms with Crippen LogP contribution in [-0.4, -0.2) is 28.5 Å². The molecular weight excluding hydrogens is 332 g/mol. The van der Waals surface area contributed by atoms with Crippen molar-refractivity contribution in [3.8, 4) is 11.5 Å². The molecule has 1 aliphatic heterocycles. The summed E-state index contributed by atoms with van der Waals surface area (Å²) in [5.74, 6) is 0.313. The number of carbonyl (C=O) groups excluding carboxylic acids is 1. The first-order valence-electron chi connectivity index (χ1n) is 8.70. The van der Waals surface area contributed by atoms with E-state index in [9.17, 15) is 10.0 Å². The quantitative estimate of drug-likeness (QED) is 0.625. The molecule has 6 nitrogen and oxygen atoms in total. The van der Waals surface area contributed by atoms with Crippen molar-refractivity contribution in [2.45, 2.75) is 25.9 Å². The van der Waals surface area contributed by atoms with Gasteiger partial charge in [-0.05, 0) is 30.9 Å². The van der Waals surface area contributed by atoms with Crippen LogP contribution in [0.3, 0.4) is 0 Å². The molecule has 0 N–H and O–H groups in total. The molecule has 26 heavy (non-hydrogen) atoms. The molecule has 1 aliphatic carbocycles. The van der Waals surface area contributed by atoms with E-state index in [1.54, 1.807) is 6.20 Å². The maximum absolute atomic E-state index is 13.0. The average molecular weight is 352 g/mol. The van der Waals surface area contributed by atoms with Crippen molar-refractivity contribution in [3.05, 3.63) is 64.8 Å². The molecule has 2 aromatic rings. The van der Waals surface area contributed by atoms with Crippen LogP contribution in [0.1, 0.15) is 35.3 Å². The van der Waals surface area contributed by atoms with Gasteiger partial charge in [-0.2, -0.15) is 4.74 Å². The van der Waals surface area contributed by atoms with Gasteiger partial charge in [-0.3, -0.25) is 9.36 Å². The highest BCUT2D eigenvalue weighted by atomic mass is 16.5. The monoisotopic (exact) mass is 352 g/mol. The van der Waals surface area contributed by atoms with Crippen LogP contribution in [0.15, 0.2) is 48.3 Å². The van der Waals surface area contributed by atoms with Crippen molar-refractivity contribution >= 4 is 12.1 Å². The Morgan fingerprint density at radius 1 is 1.31 bits per heavy atom. The lowest BCUT2D eigenvalue weighted by molar-refractivity contribution is -0.403. The van der Waals surface area contributed by atoms with Crippen LogP contribution in [0.2, 0.25) is 0 Å². The van der Waals surface area contributed by atoms with Crippen LogP contribution < -0.4 is 9.47 Å². The van der Waals surface area contributed by atoms with Crippen molar-refractivity contribution in [3.63, 3.8) is 0 Å². The molecule has 134 valence electrons. The van der Waals surface area contributed by atoms with Gasteiger partial charge in [0.1, 0.15) is 12.5 Å². The number of carbonyl (C=O) groups is 1. The second-order valence-electron chi connectivity index (χ2n) is 6.46. The predicted octanol–water partition coefficient (Wildman–Crippen LogP) is 3.34. The van der Waals surface area contributed by atoms with Gasteiger partial charge in [-0.25, -0.2) is 0 Å². The number of fused-ring (bicyclic) bond motifs is 2. The number of allylic oxidation sites excluding steroid dienone is 2. The summed E-state index contributed by atoms with van der Waals surface area (Å²) in [5, 5.41) is 12.5. The van der Waals surface area contributed by atoms with E-state index in [0.29, 0.717) is 35.9 Å². The zero-order valence-electron chi connectivity index (χ0n) is 14.6. The lowest BCUT2D eigenvalue weighted by Crippen LogP contribution is -2.26. The van der Waals surface area contributed by atoms with Crippen LogP contribution >= 0.6 is 0 Å². The maximum Gasteiger partial charge on any atom is 0.245 e. The van der Waals surface area contributed by atoms with E-state index in [-0.39, 0.29) is 5.91 Å².